The number of anilines is 1. The van der Waals surface area contributed by atoms with E-state index in [-0.39, 0.29) is 5.91 Å². The van der Waals surface area contributed by atoms with Gasteiger partial charge in [-0.05, 0) is 38.0 Å². The first kappa shape index (κ1) is 22.4. The van der Waals surface area contributed by atoms with Crippen molar-refractivity contribution in [2.45, 2.75) is 52.0 Å². The Labute approximate surface area is 190 Å². The lowest BCUT2D eigenvalue weighted by Gasteiger charge is -2.38. The average molecular weight is 434 g/mol. The normalized spacial score (nSPS) is 17.7. The number of H-pyrrole nitrogens is 1. The Hall–Kier alpha value is -2.79. The molecule has 170 valence electrons. The minimum Gasteiger partial charge on any atom is -0.384 e. The first-order valence-electron chi connectivity index (χ1n) is 11.8. The third-order valence-electron chi connectivity index (χ3n) is 6.46. The molecule has 1 saturated carbocycles. The maximum absolute atomic E-state index is 12.5. The molecule has 5 nitrogen and oxygen atoms in total. The fraction of sp³-hybridized carbons (Fsp3) is 0.444. The number of ether oxygens (including phenoxy) is 1. The number of hydrogen-bond acceptors (Lipinski definition) is 3. The number of para-hydroxylation sites is 2. The van der Waals surface area contributed by atoms with Crippen LogP contribution in [0.5, 0.6) is 0 Å². The second kappa shape index (κ2) is 10.2. The van der Waals surface area contributed by atoms with Gasteiger partial charge in [0.05, 0.1) is 18.8 Å². The van der Waals surface area contributed by atoms with Gasteiger partial charge in [-0.1, -0.05) is 62.6 Å². The number of benzene rings is 2. The fourth-order valence-electron chi connectivity index (χ4n) is 4.50. The van der Waals surface area contributed by atoms with Crippen LogP contribution < -0.4 is 10.6 Å². The number of amides is 1. The summed E-state index contributed by atoms with van der Waals surface area (Å²) in [5, 5.41) is 7.62. The zero-order valence-electron chi connectivity index (χ0n) is 19.2. The van der Waals surface area contributed by atoms with E-state index in [0.717, 1.165) is 54.8 Å². The summed E-state index contributed by atoms with van der Waals surface area (Å²) >= 11 is 0. The molecule has 3 aromatic rings. The molecular weight excluding hydrogens is 398 g/mol. The third kappa shape index (κ3) is 5.52. The largest absolute Gasteiger partial charge is 0.384 e. The molecule has 2 fully saturated rings. The van der Waals surface area contributed by atoms with Crippen molar-refractivity contribution in [2.24, 2.45) is 5.41 Å². The molecule has 0 bridgehead atoms. The van der Waals surface area contributed by atoms with Gasteiger partial charge in [-0.2, -0.15) is 0 Å². The molecule has 32 heavy (non-hydrogen) atoms. The van der Waals surface area contributed by atoms with Crippen LogP contribution in [0.25, 0.3) is 10.9 Å². The van der Waals surface area contributed by atoms with Crippen LogP contribution in [0.1, 0.15) is 55.1 Å². The van der Waals surface area contributed by atoms with E-state index >= 15 is 0 Å². The van der Waals surface area contributed by atoms with Crippen molar-refractivity contribution >= 4 is 22.5 Å². The van der Waals surface area contributed by atoms with E-state index < -0.39 is 0 Å². The van der Waals surface area contributed by atoms with Gasteiger partial charge in [-0.3, -0.25) is 4.79 Å². The quantitative estimate of drug-likeness (QED) is 0.485. The molecule has 2 aromatic carbocycles. The highest BCUT2D eigenvalue weighted by Crippen LogP contribution is 2.26. The lowest BCUT2D eigenvalue weighted by Crippen LogP contribution is -2.45. The zero-order chi connectivity index (χ0) is 22.4. The van der Waals surface area contributed by atoms with Crippen molar-refractivity contribution < 1.29 is 9.53 Å². The minimum absolute atomic E-state index is 0.0712. The Morgan fingerprint density at radius 2 is 1.72 bits per heavy atom. The average Bonchev–Trinajstić information content (AvgIpc) is 3.14. The molecule has 1 aliphatic carbocycles. The number of aromatic amines is 1. The van der Waals surface area contributed by atoms with Gasteiger partial charge in [-0.25, -0.2) is 0 Å². The maximum Gasteiger partial charge on any atom is 0.253 e. The van der Waals surface area contributed by atoms with E-state index in [1.165, 1.54) is 24.9 Å². The van der Waals surface area contributed by atoms with E-state index in [1.54, 1.807) is 0 Å². The molecule has 0 atom stereocenters. The summed E-state index contributed by atoms with van der Waals surface area (Å²) in [5.74, 6) is 0.0712. The summed E-state index contributed by atoms with van der Waals surface area (Å²) in [6.07, 6.45) is 6.01. The first-order chi connectivity index (χ1) is 15.5. The van der Waals surface area contributed by atoms with Crippen molar-refractivity contribution in [2.75, 3.05) is 25.1 Å². The van der Waals surface area contributed by atoms with Gasteiger partial charge >= 0.3 is 0 Å². The van der Waals surface area contributed by atoms with E-state index in [0.29, 0.717) is 11.5 Å². The fourth-order valence-corrected chi connectivity index (χ4v) is 4.50. The highest BCUT2D eigenvalue weighted by atomic mass is 16.5. The van der Waals surface area contributed by atoms with Crippen LogP contribution in [-0.2, 0) is 4.74 Å². The summed E-state index contributed by atoms with van der Waals surface area (Å²) < 4.78 is 5.19. The van der Waals surface area contributed by atoms with E-state index in [1.807, 2.05) is 49.4 Å². The topological polar surface area (TPSA) is 66.1 Å². The Morgan fingerprint density at radius 1 is 1.03 bits per heavy atom. The summed E-state index contributed by atoms with van der Waals surface area (Å²) in [4.78, 5) is 15.8. The second-order valence-corrected chi connectivity index (χ2v) is 9.50. The van der Waals surface area contributed by atoms with Gasteiger partial charge in [0, 0.05) is 40.3 Å². The predicted octanol–water partition coefficient (Wildman–Crippen LogP) is 5.67. The Morgan fingerprint density at radius 3 is 2.41 bits per heavy atom. The van der Waals surface area contributed by atoms with Gasteiger partial charge in [0.25, 0.3) is 5.91 Å². The Balaban J connectivity index is 0.000000165. The smallest absolute Gasteiger partial charge is 0.253 e. The molecule has 3 N–H and O–H groups in total. The number of rotatable bonds is 5. The van der Waals surface area contributed by atoms with Crippen LogP contribution in [-0.4, -0.2) is 36.7 Å². The van der Waals surface area contributed by atoms with Gasteiger partial charge in [0.15, 0.2) is 0 Å². The van der Waals surface area contributed by atoms with E-state index in [9.17, 15) is 4.79 Å². The maximum atomic E-state index is 12.5. The molecule has 1 aliphatic heterocycles. The van der Waals surface area contributed by atoms with Gasteiger partial charge in [0.2, 0.25) is 0 Å². The Bertz CT molecular complexity index is 1020. The second-order valence-electron chi connectivity index (χ2n) is 9.50. The third-order valence-corrected chi connectivity index (χ3v) is 6.46. The van der Waals surface area contributed by atoms with Crippen molar-refractivity contribution in [3.63, 3.8) is 0 Å². The van der Waals surface area contributed by atoms with Crippen molar-refractivity contribution in [3.05, 3.63) is 65.9 Å². The molecule has 0 spiro atoms. The lowest BCUT2D eigenvalue weighted by atomic mass is 9.89. The zero-order valence-corrected chi connectivity index (χ0v) is 19.2. The van der Waals surface area contributed by atoms with Gasteiger partial charge in [-0.15, -0.1) is 0 Å². The number of carbonyl (C=O) groups is 1. The Kier molecular flexibility index (Phi) is 7.15. The predicted molar refractivity (Wildman–Crippen MR) is 131 cm³/mol. The van der Waals surface area contributed by atoms with Crippen LogP contribution >= 0.6 is 0 Å². The number of aromatic nitrogens is 1. The number of nitrogens with one attached hydrogen (secondary N) is 3. The summed E-state index contributed by atoms with van der Waals surface area (Å²) in [7, 11) is 0. The minimum atomic E-state index is 0.0712. The van der Waals surface area contributed by atoms with Crippen LogP contribution in [0.15, 0.2) is 54.6 Å². The molecule has 2 aliphatic rings. The van der Waals surface area contributed by atoms with Crippen molar-refractivity contribution in [3.8, 4) is 0 Å². The highest BCUT2D eigenvalue weighted by molar-refractivity contribution is 6.08. The molecular formula is C27H35N3O2. The summed E-state index contributed by atoms with van der Waals surface area (Å²) in [6.45, 7) is 6.97. The number of fused-ring (bicyclic) bond motifs is 1. The molecule has 0 radical (unpaired) electrons. The molecule has 0 unspecified atom stereocenters. The van der Waals surface area contributed by atoms with Crippen LogP contribution in [0.2, 0.25) is 0 Å². The molecule has 5 rings (SSSR count). The summed E-state index contributed by atoms with van der Waals surface area (Å²) in [5.41, 5.74) is 4.33. The van der Waals surface area contributed by atoms with Crippen molar-refractivity contribution in [1.29, 1.82) is 0 Å². The lowest BCUT2D eigenvalue weighted by molar-refractivity contribution is -0.0924. The number of aryl methyl sites for hydroxylation is 1. The van der Waals surface area contributed by atoms with E-state index in [4.69, 9.17) is 4.74 Å². The standard InChI is InChI=1S/C16H20N2O.C11H15NO/c1-11-15(13-9-5-6-10-14(13)17-11)16(19)18-12-7-3-2-4-8-12;1-11(8-13-9-11)7-12-10-5-3-2-4-6-10/h5-6,9-10,12,17H,2-4,7-8H2,1H3,(H,18,19);2-6,12H,7-9H2,1H3. The van der Waals surface area contributed by atoms with Crippen LogP contribution in [0.3, 0.4) is 0 Å². The molecule has 5 heteroatoms. The van der Waals surface area contributed by atoms with E-state index in [2.05, 4.69) is 34.7 Å². The SMILES string of the molecule is CC1(CNc2ccccc2)COC1.Cc1[nH]c2ccccc2c1C(=O)NC1CCCCC1. The molecule has 1 aromatic heterocycles. The van der Waals surface area contributed by atoms with Gasteiger partial charge in [0.1, 0.15) is 0 Å². The number of carbonyl (C=O) groups excluding carboxylic acids is 1. The molecule has 2 heterocycles. The highest BCUT2D eigenvalue weighted by Gasteiger charge is 2.32. The summed E-state index contributed by atoms with van der Waals surface area (Å²) in [6, 6.07) is 18.6. The van der Waals surface area contributed by atoms with Crippen LogP contribution in [0.4, 0.5) is 5.69 Å². The molecule has 1 saturated heterocycles. The first-order valence-corrected chi connectivity index (χ1v) is 11.8. The molecule has 1 amide bonds. The monoisotopic (exact) mass is 433 g/mol. The number of hydrogen-bond donors (Lipinski definition) is 3. The van der Waals surface area contributed by atoms with Gasteiger partial charge < -0.3 is 20.4 Å². The van der Waals surface area contributed by atoms with Crippen molar-refractivity contribution in [1.82, 2.24) is 10.3 Å². The van der Waals surface area contributed by atoms with Crippen LogP contribution in [0, 0.1) is 12.3 Å².